The number of thiazole rings is 1. The van der Waals surface area contributed by atoms with E-state index < -0.39 is 0 Å². The van der Waals surface area contributed by atoms with Crippen molar-refractivity contribution >= 4 is 11.3 Å². The third-order valence-corrected chi connectivity index (χ3v) is 5.74. The quantitative estimate of drug-likeness (QED) is 0.889. The molecule has 1 aromatic carbocycles. The smallest absolute Gasteiger partial charge is 0.305 e. The first-order chi connectivity index (χ1) is 11.0. The summed E-state index contributed by atoms with van der Waals surface area (Å²) in [7, 11) is 0. The van der Waals surface area contributed by atoms with Crippen molar-refractivity contribution in [3.8, 4) is 11.3 Å². The van der Waals surface area contributed by atoms with E-state index >= 15 is 0 Å². The molecule has 1 aromatic heterocycles. The van der Waals surface area contributed by atoms with Crippen LogP contribution < -0.4 is 4.87 Å². The van der Waals surface area contributed by atoms with Crippen molar-refractivity contribution in [1.29, 1.82) is 0 Å². The molecule has 1 unspecified atom stereocenters. The molecule has 1 atom stereocenters. The number of rotatable bonds is 4. The number of hydrogen-bond acceptors (Lipinski definition) is 3. The van der Waals surface area contributed by atoms with Gasteiger partial charge in [0.1, 0.15) is 0 Å². The summed E-state index contributed by atoms with van der Waals surface area (Å²) in [5.74, 6) is 0.527. The third-order valence-electron chi connectivity index (χ3n) is 4.88. The molecule has 0 saturated carbocycles. The Morgan fingerprint density at radius 1 is 1.26 bits per heavy atom. The Balaban J connectivity index is 1.86. The monoisotopic (exact) mass is 330 g/mol. The standard InChI is InChI=1S/C19H26N2OS/c1-13(2)15-7-9-16(10-8-15)18-17(23-19(22)20-18)12-21-11-5-4-6-14(21)3/h7-10,13-14H,4-6,11-12H2,1-3H3,(H,20,22). The van der Waals surface area contributed by atoms with Crippen LogP contribution in [0, 0.1) is 0 Å². The van der Waals surface area contributed by atoms with Crippen LogP contribution in [-0.2, 0) is 6.54 Å². The summed E-state index contributed by atoms with van der Waals surface area (Å²) in [5.41, 5.74) is 3.46. The van der Waals surface area contributed by atoms with Crippen LogP contribution in [0.3, 0.4) is 0 Å². The van der Waals surface area contributed by atoms with Gasteiger partial charge < -0.3 is 4.98 Å². The molecule has 1 fully saturated rings. The molecule has 0 aliphatic carbocycles. The van der Waals surface area contributed by atoms with Gasteiger partial charge >= 0.3 is 4.87 Å². The van der Waals surface area contributed by atoms with Gasteiger partial charge in [-0.25, -0.2) is 0 Å². The first-order valence-electron chi connectivity index (χ1n) is 8.61. The van der Waals surface area contributed by atoms with Crippen LogP contribution in [0.5, 0.6) is 0 Å². The predicted octanol–water partition coefficient (Wildman–Crippen LogP) is 4.60. The van der Waals surface area contributed by atoms with Gasteiger partial charge in [0, 0.05) is 17.5 Å². The molecule has 0 amide bonds. The highest BCUT2D eigenvalue weighted by molar-refractivity contribution is 7.09. The lowest BCUT2D eigenvalue weighted by molar-refractivity contribution is 0.154. The van der Waals surface area contributed by atoms with Gasteiger partial charge in [-0.05, 0) is 43.4 Å². The van der Waals surface area contributed by atoms with Crippen LogP contribution in [0.25, 0.3) is 11.3 Å². The van der Waals surface area contributed by atoms with E-state index in [1.807, 2.05) is 0 Å². The van der Waals surface area contributed by atoms with Gasteiger partial charge in [0.15, 0.2) is 0 Å². The lowest BCUT2D eigenvalue weighted by Crippen LogP contribution is -2.36. The molecule has 1 aliphatic rings. The number of benzene rings is 1. The second kappa shape index (κ2) is 7.02. The molecular weight excluding hydrogens is 304 g/mol. The maximum Gasteiger partial charge on any atom is 0.305 e. The van der Waals surface area contributed by atoms with Crippen LogP contribution in [0.2, 0.25) is 0 Å². The van der Waals surface area contributed by atoms with Crippen molar-refractivity contribution in [2.24, 2.45) is 0 Å². The molecule has 3 nitrogen and oxygen atoms in total. The molecule has 0 radical (unpaired) electrons. The van der Waals surface area contributed by atoms with E-state index in [0.717, 1.165) is 24.3 Å². The van der Waals surface area contributed by atoms with E-state index in [-0.39, 0.29) is 4.87 Å². The highest BCUT2D eigenvalue weighted by Gasteiger charge is 2.21. The molecule has 3 rings (SSSR count). The van der Waals surface area contributed by atoms with Gasteiger partial charge in [-0.1, -0.05) is 55.9 Å². The minimum absolute atomic E-state index is 0.0487. The second-order valence-corrected chi connectivity index (χ2v) is 7.97. The largest absolute Gasteiger partial charge is 0.312 e. The molecular formula is C19H26N2OS. The van der Waals surface area contributed by atoms with Crippen LogP contribution in [-0.4, -0.2) is 22.5 Å². The average molecular weight is 330 g/mol. The molecule has 1 N–H and O–H groups in total. The van der Waals surface area contributed by atoms with Crippen molar-refractivity contribution < 1.29 is 0 Å². The first kappa shape index (κ1) is 16.5. The highest BCUT2D eigenvalue weighted by atomic mass is 32.1. The summed E-state index contributed by atoms with van der Waals surface area (Å²) in [6.07, 6.45) is 3.85. The molecule has 23 heavy (non-hydrogen) atoms. The topological polar surface area (TPSA) is 36.1 Å². The Morgan fingerprint density at radius 2 is 2.00 bits per heavy atom. The Bertz CT molecular complexity index is 699. The number of aromatic amines is 1. The maximum atomic E-state index is 11.9. The molecule has 2 heterocycles. The molecule has 0 bridgehead atoms. The number of H-pyrrole nitrogens is 1. The Morgan fingerprint density at radius 3 is 2.65 bits per heavy atom. The zero-order valence-corrected chi connectivity index (χ0v) is 15.1. The fraction of sp³-hybridized carbons (Fsp3) is 0.526. The van der Waals surface area contributed by atoms with Gasteiger partial charge in [0.2, 0.25) is 0 Å². The van der Waals surface area contributed by atoms with Gasteiger partial charge in [-0.3, -0.25) is 9.69 Å². The summed E-state index contributed by atoms with van der Waals surface area (Å²) in [6, 6.07) is 9.22. The number of piperidine rings is 1. The second-order valence-electron chi connectivity index (χ2n) is 6.90. The first-order valence-corrected chi connectivity index (χ1v) is 9.42. The third kappa shape index (κ3) is 3.75. The van der Waals surface area contributed by atoms with E-state index in [1.165, 1.54) is 41.0 Å². The lowest BCUT2D eigenvalue weighted by Gasteiger charge is -2.33. The summed E-state index contributed by atoms with van der Waals surface area (Å²) in [4.78, 5) is 18.7. The highest BCUT2D eigenvalue weighted by Crippen LogP contribution is 2.28. The van der Waals surface area contributed by atoms with E-state index in [2.05, 4.69) is 54.9 Å². The summed E-state index contributed by atoms with van der Waals surface area (Å²) < 4.78 is 0. The zero-order chi connectivity index (χ0) is 16.4. The van der Waals surface area contributed by atoms with Gasteiger partial charge in [-0.15, -0.1) is 0 Å². The summed E-state index contributed by atoms with van der Waals surface area (Å²) in [5, 5.41) is 0. The van der Waals surface area contributed by atoms with Crippen molar-refractivity contribution in [2.45, 2.75) is 58.5 Å². The van der Waals surface area contributed by atoms with Crippen molar-refractivity contribution in [3.05, 3.63) is 44.4 Å². The van der Waals surface area contributed by atoms with Crippen molar-refractivity contribution in [1.82, 2.24) is 9.88 Å². The average Bonchev–Trinajstić information content (AvgIpc) is 2.90. The number of nitrogens with zero attached hydrogens (tertiary/aromatic N) is 1. The fourth-order valence-electron chi connectivity index (χ4n) is 3.32. The SMILES string of the molecule is CC(C)c1ccc(-c2[nH]c(=O)sc2CN2CCCCC2C)cc1. The van der Waals surface area contributed by atoms with Crippen LogP contribution in [0.15, 0.2) is 29.1 Å². The minimum Gasteiger partial charge on any atom is -0.312 e. The van der Waals surface area contributed by atoms with Gasteiger partial charge in [0.05, 0.1) is 5.69 Å². The number of hydrogen-bond donors (Lipinski definition) is 1. The maximum absolute atomic E-state index is 11.9. The summed E-state index contributed by atoms with van der Waals surface area (Å²) in [6.45, 7) is 8.71. The predicted molar refractivity (Wildman–Crippen MR) is 98.2 cm³/mol. The lowest BCUT2D eigenvalue weighted by atomic mass is 10.00. The van der Waals surface area contributed by atoms with Crippen molar-refractivity contribution in [2.75, 3.05) is 6.54 Å². The van der Waals surface area contributed by atoms with Crippen LogP contribution in [0.4, 0.5) is 0 Å². The Hall–Kier alpha value is -1.39. The number of likely N-dealkylation sites (tertiary alicyclic amines) is 1. The molecule has 0 spiro atoms. The Labute approximate surface area is 142 Å². The van der Waals surface area contributed by atoms with E-state index in [4.69, 9.17) is 0 Å². The molecule has 4 heteroatoms. The van der Waals surface area contributed by atoms with E-state index in [0.29, 0.717) is 12.0 Å². The van der Waals surface area contributed by atoms with Crippen molar-refractivity contribution in [3.63, 3.8) is 0 Å². The number of nitrogens with one attached hydrogen (secondary N) is 1. The normalized spacial score (nSPS) is 19.4. The van der Waals surface area contributed by atoms with E-state index in [1.54, 1.807) is 0 Å². The van der Waals surface area contributed by atoms with E-state index in [9.17, 15) is 4.79 Å². The Kier molecular flexibility index (Phi) is 5.02. The molecule has 1 aliphatic heterocycles. The zero-order valence-electron chi connectivity index (χ0n) is 14.3. The minimum atomic E-state index is 0.0487. The molecule has 2 aromatic rings. The van der Waals surface area contributed by atoms with Gasteiger partial charge in [0.25, 0.3) is 0 Å². The molecule has 124 valence electrons. The van der Waals surface area contributed by atoms with Crippen LogP contribution >= 0.6 is 11.3 Å². The van der Waals surface area contributed by atoms with Crippen LogP contribution in [0.1, 0.15) is 56.4 Å². The van der Waals surface area contributed by atoms with Gasteiger partial charge in [-0.2, -0.15) is 0 Å². The fourth-order valence-corrected chi connectivity index (χ4v) is 4.19. The number of aromatic nitrogens is 1. The molecule has 1 saturated heterocycles. The summed E-state index contributed by atoms with van der Waals surface area (Å²) >= 11 is 1.36.